The van der Waals surface area contributed by atoms with E-state index in [-0.39, 0.29) is 18.1 Å². The fraction of sp³-hybridized carbons (Fsp3) is 0.417. The second-order valence-corrected chi connectivity index (χ2v) is 4.90. The molecule has 7 heteroatoms. The van der Waals surface area contributed by atoms with Crippen LogP contribution in [0.2, 0.25) is 0 Å². The van der Waals surface area contributed by atoms with Gasteiger partial charge in [0.1, 0.15) is 0 Å². The minimum Gasteiger partial charge on any atom is -0.345 e. The maximum absolute atomic E-state index is 11.6. The quantitative estimate of drug-likeness (QED) is 0.639. The summed E-state index contributed by atoms with van der Waals surface area (Å²) in [6.07, 6.45) is 0. The van der Waals surface area contributed by atoms with Gasteiger partial charge < -0.3 is 10.2 Å². The molecule has 0 spiro atoms. The van der Waals surface area contributed by atoms with Crippen LogP contribution in [0.25, 0.3) is 0 Å². The third-order valence-electron chi connectivity index (χ3n) is 2.74. The molecule has 104 valence electrons. The summed E-state index contributed by atoms with van der Waals surface area (Å²) in [5.74, 6) is 0.0144. The van der Waals surface area contributed by atoms with Gasteiger partial charge in [-0.25, -0.2) is 0 Å². The van der Waals surface area contributed by atoms with Crippen LogP contribution in [0, 0.1) is 10.1 Å². The molecule has 0 unspecified atom stereocenters. The van der Waals surface area contributed by atoms with E-state index < -0.39 is 4.92 Å². The third kappa shape index (κ3) is 4.60. The van der Waals surface area contributed by atoms with Gasteiger partial charge in [-0.3, -0.25) is 14.9 Å². The van der Waals surface area contributed by atoms with E-state index in [0.717, 1.165) is 5.56 Å². The maximum atomic E-state index is 11.6. The second kappa shape index (κ2) is 7.20. The van der Waals surface area contributed by atoms with Crippen LogP contribution in [0.3, 0.4) is 0 Å². The van der Waals surface area contributed by atoms with Crippen molar-refractivity contribution in [1.82, 2.24) is 10.2 Å². The highest BCUT2D eigenvalue weighted by Crippen LogP contribution is 2.22. The number of amides is 1. The molecule has 1 N–H and O–H groups in total. The number of non-ortho nitro benzene ring substituents is 1. The van der Waals surface area contributed by atoms with E-state index in [4.69, 9.17) is 0 Å². The van der Waals surface area contributed by atoms with Gasteiger partial charge in [-0.1, -0.05) is 15.9 Å². The first-order chi connectivity index (χ1) is 8.95. The number of nitrogens with one attached hydrogen (secondary N) is 1. The first-order valence-corrected chi connectivity index (χ1v) is 6.62. The largest absolute Gasteiger partial charge is 0.345 e. The molecular weight excluding hydrogens is 314 g/mol. The summed E-state index contributed by atoms with van der Waals surface area (Å²) >= 11 is 3.29. The number of halogens is 1. The lowest BCUT2D eigenvalue weighted by Crippen LogP contribution is -2.35. The highest BCUT2D eigenvalue weighted by molar-refractivity contribution is 9.10. The molecule has 6 nitrogen and oxygen atoms in total. The van der Waals surface area contributed by atoms with Crippen LogP contribution in [0.4, 0.5) is 5.69 Å². The Morgan fingerprint density at radius 2 is 2.21 bits per heavy atom. The Hall–Kier alpha value is -1.47. The predicted molar refractivity (Wildman–Crippen MR) is 75.8 cm³/mol. The molecule has 1 aromatic rings. The third-order valence-corrected chi connectivity index (χ3v) is 3.48. The molecule has 0 aromatic heterocycles. The number of carbonyl (C=O) groups excluding carboxylic acids is 1. The zero-order valence-electron chi connectivity index (χ0n) is 10.9. The van der Waals surface area contributed by atoms with Crippen molar-refractivity contribution < 1.29 is 9.72 Å². The normalized spacial score (nSPS) is 10.3. The molecule has 1 aromatic carbocycles. The van der Waals surface area contributed by atoms with Crippen molar-refractivity contribution in [1.29, 1.82) is 0 Å². The fourth-order valence-corrected chi connectivity index (χ4v) is 1.92. The molecule has 0 aliphatic heterocycles. The summed E-state index contributed by atoms with van der Waals surface area (Å²) in [6, 6.07) is 4.57. The topological polar surface area (TPSA) is 75.5 Å². The van der Waals surface area contributed by atoms with Crippen LogP contribution in [0.1, 0.15) is 12.5 Å². The fourth-order valence-electron chi connectivity index (χ4n) is 1.41. The van der Waals surface area contributed by atoms with Crippen molar-refractivity contribution in [2.24, 2.45) is 0 Å². The molecule has 0 heterocycles. The van der Waals surface area contributed by atoms with E-state index in [9.17, 15) is 14.9 Å². The van der Waals surface area contributed by atoms with Gasteiger partial charge in [-0.15, -0.1) is 0 Å². The van der Waals surface area contributed by atoms with Gasteiger partial charge in [0, 0.05) is 36.7 Å². The number of hydrogen-bond acceptors (Lipinski definition) is 4. The summed E-state index contributed by atoms with van der Waals surface area (Å²) in [5, 5.41) is 13.6. The number of likely N-dealkylation sites (N-methyl/N-ethyl adjacent to an activating group) is 1. The molecular formula is C12H16BrN3O3. The number of rotatable bonds is 6. The van der Waals surface area contributed by atoms with Crippen LogP contribution in [-0.2, 0) is 11.3 Å². The average Bonchev–Trinajstić information content (AvgIpc) is 2.39. The number of carbonyl (C=O) groups is 1. The van der Waals surface area contributed by atoms with Crippen molar-refractivity contribution in [3.05, 3.63) is 38.3 Å². The lowest BCUT2D eigenvalue weighted by Gasteiger charge is -2.14. The summed E-state index contributed by atoms with van der Waals surface area (Å²) in [4.78, 5) is 23.3. The Balaban J connectivity index is 2.55. The molecule has 0 bridgehead atoms. The standard InChI is InChI=1S/C12H16BrN3O3/c1-3-15(2)12(17)8-14-7-9-4-5-10(16(18)19)6-11(9)13/h4-6,14H,3,7-8H2,1-2H3. The van der Waals surface area contributed by atoms with Crippen LogP contribution >= 0.6 is 15.9 Å². The monoisotopic (exact) mass is 329 g/mol. The summed E-state index contributed by atoms with van der Waals surface area (Å²) < 4.78 is 0.658. The average molecular weight is 330 g/mol. The lowest BCUT2D eigenvalue weighted by molar-refractivity contribution is -0.384. The van der Waals surface area contributed by atoms with Gasteiger partial charge in [0.25, 0.3) is 5.69 Å². The number of hydrogen-bond donors (Lipinski definition) is 1. The van der Waals surface area contributed by atoms with E-state index in [0.29, 0.717) is 17.6 Å². The van der Waals surface area contributed by atoms with E-state index in [2.05, 4.69) is 21.2 Å². The van der Waals surface area contributed by atoms with Gasteiger partial charge in [0.05, 0.1) is 11.5 Å². The maximum Gasteiger partial charge on any atom is 0.270 e. The number of benzene rings is 1. The molecule has 1 amide bonds. The van der Waals surface area contributed by atoms with E-state index in [1.54, 1.807) is 18.0 Å². The van der Waals surface area contributed by atoms with Gasteiger partial charge in [0.15, 0.2) is 0 Å². The Morgan fingerprint density at radius 1 is 1.53 bits per heavy atom. The molecule has 0 fully saturated rings. The number of nitro benzene ring substituents is 1. The van der Waals surface area contributed by atoms with Crippen molar-refractivity contribution in [3.8, 4) is 0 Å². The molecule has 0 saturated heterocycles. The Kier molecular flexibility index (Phi) is 5.91. The van der Waals surface area contributed by atoms with Crippen LogP contribution in [0.5, 0.6) is 0 Å². The predicted octanol–water partition coefficient (Wildman–Crippen LogP) is 1.93. The SMILES string of the molecule is CCN(C)C(=O)CNCc1ccc([N+](=O)[O-])cc1Br. The Labute approximate surface area is 120 Å². The first kappa shape index (κ1) is 15.6. The molecule has 0 atom stereocenters. The minimum absolute atomic E-state index is 0.0144. The van der Waals surface area contributed by atoms with Gasteiger partial charge in [-0.05, 0) is 18.6 Å². The lowest BCUT2D eigenvalue weighted by atomic mass is 10.2. The second-order valence-electron chi connectivity index (χ2n) is 4.04. The van der Waals surface area contributed by atoms with E-state index in [1.807, 2.05) is 6.92 Å². The van der Waals surface area contributed by atoms with Gasteiger partial charge >= 0.3 is 0 Å². The van der Waals surface area contributed by atoms with E-state index in [1.165, 1.54) is 12.1 Å². The highest BCUT2D eigenvalue weighted by Gasteiger charge is 2.10. The highest BCUT2D eigenvalue weighted by atomic mass is 79.9. The Bertz CT molecular complexity index is 479. The summed E-state index contributed by atoms with van der Waals surface area (Å²) in [7, 11) is 1.74. The van der Waals surface area contributed by atoms with Crippen LogP contribution < -0.4 is 5.32 Å². The van der Waals surface area contributed by atoms with E-state index >= 15 is 0 Å². The van der Waals surface area contributed by atoms with Crippen molar-refractivity contribution >= 4 is 27.5 Å². The summed E-state index contributed by atoms with van der Waals surface area (Å²) in [5.41, 5.74) is 0.912. The minimum atomic E-state index is -0.443. The molecule has 0 radical (unpaired) electrons. The number of nitro groups is 1. The zero-order valence-corrected chi connectivity index (χ0v) is 12.4. The molecule has 0 saturated carbocycles. The molecule has 1 rings (SSSR count). The van der Waals surface area contributed by atoms with Gasteiger partial charge in [-0.2, -0.15) is 0 Å². The molecule has 0 aliphatic rings. The first-order valence-electron chi connectivity index (χ1n) is 5.83. The van der Waals surface area contributed by atoms with Crippen molar-refractivity contribution in [3.63, 3.8) is 0 Å². The van der Waals surface area contributed by atoms with Crippen molar-refractivity contribution in [2.75, 3.05) is 20.1 Å². The number of nitrogens with zero attached hydrogens (tertiary/aromatic N) is 2. The van der Waals surface area contributed by atoms with Crippen LogP contribution in [0.15, 0.2) is 22.7 Å². The molecule has 0 aliphatic carbocycles. The zero-order chi connectivity index (χ0) is 14.4. The smallest absolute Gasteiger partial charge is 0.270 e. The van der Waals surface area contributed by atoms with Gasteiger partial charge in [0.2, 0.25) is 5.91 Å². The molecule has 19 heavy (non-hydrogen) atoms. The van der Waals surface area contributed by atoms with Crippen LogP contribution in [-0.4, -0.2) is 35.9 Å². The van der Waals surface area contributed by atoms with Crippen molar-refractivity contribution in [2.45, 2.75) is 13.5 Å². The Morgan fingerprint density at radius 3 is 2.74 bits per heavy atom. The summed E-state index contributed by atoms with van der Waals surface area (Å²) in [6.45, 7) is 3.29.